The minimum absolute atomic E-state index is 0.317. The van der Waals surface area contributed by atoms with Gasteiger partial charge in [0.2, 0.25) is 0 Å². The Morgan fingerprint density at radius 1 is 1.16 bits per heavy atom. The summed E-state index contributed by atoms with van der Waals surface area (Å²) in [6, 6.07) is 6.87. The predicted molar refractivity (Wildman–Crippen MR) is 93.6 cm³/mol. The van der Waals surface area contributed by atoms with E-state index in [0.717, 1.165) is 11.5 Å². The van der Waals surface area contributed by atoms with Gasteiger partial charge in [0.25, 0.3) is 5.91 Å². The van der Waals surface area contributed by atoms with Gasteiger partial charge in [-0.15, -0.1) is 0 Å². The molecule has 0 aliphatic heterocycles. The number of carbonyl (C=O) groups excluding carboxylic acids is 1. The van der Waals surface area contributed by atoms with Crippen LogP contribution in [0.2, 0.25) is 0 Å². The lowest BCUT2D eigenvalue weighted by molar-refractivity contribution is 0.102. The number of ether oxygens (including phenoxy) is 2. The van der Waals surface area contributed by atoms with Crippen molar-refractivity contribution in [3.63, 3.8) is 0 Å². The standard InChI is InChI=1S/C18H18N4O3/c1-12-20-8-9-22(12)16-6-7-19-11-15(16)21-18(23)14-10-13(24-2)4-5-17(14)25-3/h4-11H,1-3H3,(H,21,23). The fourth-order valence-corrected chi connectivity index (χ4v) is 2.51. The molecule has 0 aliphatic carbocycles. The highest BCUT2D eigenvalue weighted by Crippen LogP contribution is 2.26. The van der Waals surface area contributed by atoms with Gasteiger partial charge in [0.15, 0.2) is 0 Å². The number of imidazole rings is 1. The summed E-state index contributed by atoms with van der Waals surface area (Å²) in [5, 5.41) is 2.88. The number of nitrogens with zero attached hydrogens (tertiary/aromatic N) is 3. The number of hydrogen-bond donors (Lipinski definition) is 1. The SMILES string of the molecule is COc1ccc(OC)c(C(=O)Nc2cnccc2-n2ccnc2C)c1. The third-order valence-electron chi connectivity index (χ3n) is 3.78. The molecule has 2 aromatic heterocycles. The first-order valence-corrected chi connectivity index (χ1v) is 7.61. The lowest BCUT2D eigenvalue weighted by atomic mass is 10.1. The minimum atomic E-state index is -0.317. The summed E-state index contributed by atoms with van der Waals surface area (Å²) in [5.41, 5.74) is 1.72. The van der Waals surface area contributed by atoms with E-state index >= 15 is 0 Å². The lowest BCUT2D eigenvalue weighted by Crippen LogP contribution is -2.15. The first-order chi connectivity index (χ1) is 12.1. The largest absolute Gasteiger partial charge is 0.497 e. The molecule has 1 N–H and O–H groups in total. The maximum Gasteiger partial charge on any atom is 0.259 e. The molecular weight excluding hydrogens is 320 g/mol. The molecule has 0 bridgehead atoms. The summed E-state index contributed by atoms with van der Waals surface area (Å²) < 4.78 is 12.3. The normalized spacial score (nSPS) is 10.4. The lowest BCUT2D eigenvalue weighted by Gasteiger charge is -2.14. The molecule has 7 nitrogen and oxygen atoms in total. The van der Waals surface area contributed by atoms with Crippen LogP contribution < -0.4 is 14.8 Å². The second-order valence-electron chi connectivity index (χ2n) is 5.26. The zero-order valence-electron chi connectivity index (χ0n) is 14.2. The van der Waals surface area contributed by atoms with Crippen molar-refractivity contribution in [2.45, 2.75) is 6.92 Å². The van der Waals surface area contributed by atoms with Gasteiger partial charge in [-0.05, 0) is 31.2 Å². The Balaban J connectivity index is 1.96. The van der Waals surface area contributed by atoms with Crippen LogP contribution in [0.1, 0.15) is 16.2 Å². The van der Waals surface area contributed by atoms with E-state index in [1.807, 2.05) is 23.8 Å². The molecule has 0 aliphatic rings. The Kier molecular flexibility index (Phi) is 4.65. The highest BCUT2D eigenvalue weighted by Gasteiger charge is 2.16. The average Bonchev–Trinajstić information content (AvgIpc) is 3.07. The monoisotopic (exact) mass is 338 g/mol. The molecule has 2 heterocycles. The van der Waals surface area contributed by atoms with Gasteiger partial charge in [0, 0.05) is 18.6 Å². The predicted octanol–water partition coefficient (Wildman–Crippen LogP) is 2.85. The van der Waals surface area contributed by atoms with E-state index < -0.39 is 0 Å². The Morgan fingerprint density at radius 3 is 2.68 bits per heavy atom. The zero-order chi connectivity index (χ0) is 17.8. The maximum atomic E-state index is 12.8. The Morgan fingerprint density at radius 2 is 2.00 bits per heavy atom. The summed E-state index contributed by atoms with van der Waals surface area (Å²) in [6.07, 6.45) is 6.79. The number of amides is 1. The van der Waals surface area contributed by atoms with Gasteiger partial charge < -0.3 is 19.4 Å². The number of rotatable bonds is 5. The quantitative estimate of drug-likeness (QED) is 0.774. The highest BCUT2D eigenvalue weighted by molar-refractivity contribution is 6.07. The molecule has 1 amide bonds. The third-order valence-corrected chi connectivity index (χ3v) is 3.78. The van der Waals surface area contributed by atoms with Crippen molar-refractivity contribution in [2.24, 2.45) is 0 Å². The number of pyridine rings is 1. The number of carbonyl (C=O) groups is 1. The number of anilines is 1. The zero-order valence-corrected chi connectivity index (χ0v) is 14.2. The summed E-state index contributed by atoms with van der Waals surface area (Å²) in [7, 11) is 3.06. The van der Waals surface area contributed by atoms with Crippen molar-refractivity contribution in [2.75, 3.05) is 19.5 Å². The van der Waals surface area contributed by atoms with Crippen molar-refractivity contribution < 1.29 is 14.3 Å². The number of hydrogen-bond acceptors (Lipinski definition) is 5. The van der Waals surface area contributed by atoms with Crippen LogP contribution in [0.25, 0.3) is 5.69 Å². The molecule has 0 saturated carbocycles. The summed E-state index contributed by atoms with van der Waals surface area (Å²) in [5.74, 6) is 1.52. The fourth-order valence-electron chi connectivity index (χ4n) is 2.51. The van der Waals surface area contributed by atoms with Crippen molar-refractivity contribution in [1.82, 2.24) is 14.5 Å². The molecule has 0 atom stereocenters. The Labute approximate surface area is 145 Å². The van der Waals surface area contributed by atoms with Crippen LogP contribution in [0.15, 0.2) is 49.1 Å². The highest BCUT2D eigenvalue weighted by atomic mass is 16.5. The van der Waals surface area contributed by atoms with E-state index in [9.17, 15) is 4.79 Å². The van der Waals surface area contributed by atoms with Gasteiger partial charge in [-0.3, -0.25) is 9.78 Å². The van der Waals surface area contributed by atoms with Crippen LogP contribution in [0.4, 0.5) is 5.69 Å². The average molecular weight is 338 g/mol. The van der Waals surface area contributed by atoms with Crippen molar-refractivity contribution in [3.8, 4) is 17.2 Å². The number of benzene rings is 1. The van der Waals surface area contributed by atoms with Gasteiger partial charge in [0.1, 0.15) is 17.3 Å². The molecule has 0 fully saturated rings. The molecule has 3 aromatic rings. The molecule has 1 aromatic carbocycles. The van der Waals surface area contributed by atoms with Gasteiger partial charge in [-0.2, -0.15) is 0 Å². The van der Waals surface area contributed by atoms with Gasteiger partial charge in [-0.1, -0.05) is 0 Å². The van der Waals surface area contributed by atoms with Crippen molar-refractivity contribution >= 4 is 11.6 Å². The second-order valence-corrected chi connectivity index (χ2v) is 5.26. The van der Waals surface area contributed by atoms with E-state index in [1.165, 1.54) is 7.11 Å². The van der Waals surface area contributed by atoms with E-state index in [4.69, 9.17) is 9.47 Å². The topological polar surface area (TPSA) is 78.3 Å². The molecular formula is C18H18N4O3. The first-order valence-electron chi connectivity index (χ1n) is 7.61. The van der Waals surface area contributed by atoms with E-state index in [0.29, 0.717) is 22.7 Å². The van der Waals surface area contributed by atoms with Gasteiger partial charge >= 0.3 is 0 Å². The molecule has 25 heavy (non-hydrogen) atoms. The molecule has 128 valence electrons. The number of methoxy groups -OCH3 is 2. The molecule has 0 saturated heterocycles. The Hall–Kier alpha value is -3.35. The molecule has 3 rings (SSSR count). The summed E-state index contributed by atoms with van der Waals surface area (Å²) in [6.45, 7) is 1.89. The summed E-state index contributed by atoms with van der Waals surface area (Å²) in [4.78, 5) is 21.1. The van der Waals surface area contributed by atoms with Crippen LogP contribution in [-0.2, 0) is 0 Å². The van der Waals surface area contributed by atoms with Crippen LogP contribution in [0, 0.1) is 6.92 Å². The van der Waals surface area contributed by atoms with Gasteiger partial charge in [-0.25, -0.2) is 4.98 Å². The van der Waals surface area contributed by atoms with Crippen LogP contribution in [-0.4, -0.2) is 34.7 Å². The van der Waals surface area contributed by atoms with E-state index in [1.54, 1.807) is 43.9 Å². The molecule has 0 unspecified atom stereocenters. The van der Waals surface area contributed by atoms with Gasteiger partial charge in [0.05, 0.1) is 37.4 Å². The smallest absolute Gasteiger partial charge is 0.259 e. The fraction of sp³-hybridized carbons (Fsp3) is 0.167. The number of aromatic nitrogens is 3. The number of nitrogens with one attached hydrogen (secondary N) is 1. The molecule has 0 radical (unpaired) electrons. The van der Waals surface area contributed by atoms with Crippen molar-refractivity contribution in [3.05, 3.63) is 60.4 Å². The van der Waals surface area contributed by atoms with Crippen LogP contribution in [0.3, 0.4) is 0 Å². The number of aryl methyl sites for hydroxylation is 1. The second kappa shape index (κ2) is 7.04. The molecule has 0 spiro atoms. The third kappa shape index (κ3) is 3.30. The molecule has 7 heteroatoms. The Bertz CT molecular complexity index is 905. The van der Waals surface area contributed by atoms with E-state index in [2.05, 4.69) is 15.3 Å². The summed E-state index contributed by atoms with van der Waals surface area (Å²) >= 11 is 0. The minimum Gasteiger partial charge on any atom is -0.497 e. The van der Waals surface area contributed by atoms with Crippen molar-refractivity contribution in [1.29, 1.82) is 0 Å². The maximum absolute atomic E-state index is 12.8. The van der Waals surface area contributed by atoms with E-state index in [-0.39, 0.29) is 5.91 Å². The first kappa shape index (κ1) is 16.5. The van der Waals surface area contributed by atoms with Crippen LogP contribution >= 0.6 is 0 Å². The van der Waals surface area contributed by atoms with Crippen LogP contribution in [0.5, 0.6) is 11.5 Å².